The lowest BCUT2D eigenvalue weighted by atomic mass is 10.1. The van der Waals surface area contributed by atoms with E-state index in [0.29, 0.717) is 0 Å². The van der Waals surface area contributed by atoms with Gasteiger partial charge in [-0.25, -0.2) is 4.39 Å². The first-order chi connectivity index (χ1) is 10.3. The number of hydrogen-bond acceptors (Lipinski definition) is 2. The van der Waals surface area contributed by atoms with Crippen molar-refractivity contribution in [2.24, 2.45) is 0 Å². The van der Waals surface area contributed by atoms with Crippen LogP contribution >= 0.6 is 0 Å². The summed E-state index contributed by atoms with van der Waals surface area (Å²) < 4.78 is 24.7. The van der Waals surface area contributed by atoms with Gasteiger partial charge in [0.25, 0.3) is 0 Å². The molecule has 0 N–H and O–H groups in total. The third kappa shape index (κ3) is 9.01. The van der Waals surface area contributed by atoms with Crippen LogP contribution in [0.2, 0.25) is 6.04 Å². The molecule has 0 amide bonds. The molecule has 119 valence electrons. The van der Waals surface area contributed by atoms with Gasteiger partial charge in [0.05, 0.1) is 0 Å². The Morgan fingerprint density at radius 3 is 2.33 bits per heavy atom. The van der Waals surface area contributed by atoms with Crippen molar-refractivity contribution in [3.8, 4) is 0 Å². The number of benzene rings is 1. The molecule has 0 fully saturated rings. The summed E-state index contributed by atoms with van der Waals surface area (Å²) in [6.07, 6.45) is 6.42. The van der Waals surface area contributed by atoms with Crippen molar-refractivity contribution in [3.63, 3.8) is 0 Å². The minimum atomic E-state index is -1.08. The van der Waals surface area contributed by atoms with Crippen molar-refractivity contribution < 1.29 is 13.2 Å². The summed E-state index contributed by atoms with van der Waals surface area (Å²) in [7, 11) is -1.08. The van der Waals surface area contributed by atoms with Crippen molar-refractivity contribution in [2.75, 3.05) is 13.2 Å². The number of halogens is 1. The minimum absolute atomic E-state index is 0.140. The zero-order chi connectivity index (χ0) is 15.3. The van der Waals surface area contributed by atoms with E-state index in [9.17, 15) is 4.39 Å². The monoisotopic (exact) mass is 311 g/mol. The van der Waals surface area contributed by atoms with Gasteiger partial charge >= 0.3 is 9.28 Å². The van der Waals surface area contributed by atoms with Gasteiger partial charge in [-0.05, 0) is 49.4 Å². The molecule has 1 aromatic carbocycles. The van der Waals surface area contributed by atoms with E-state index in [1.807, 2.05) is 6.07 Å². The largest absolute Gasteiger partial charge is 0.393 e. The Morgan fingerprint density at radius 2 is 1.71 bits per heavy atom. The van der Waals surface area contributed by atoms with Crippen LogP contribution in [-0.2, 0) is 15.3 Å². The Hall–Kier alpha value is -0.713. The second kappa shape index (κ2) is 11.9. The minimum Gasteiger partial charge on any atom is -0.393 e. The Labute approximate surface area is 130 Å². The quantitative estimate of drug-likeness (QED) is 0.404. The van der Waals surface area contributed by atoms with Gasteiger partial charge in [0.2, 0.25) is 0 Å². The molecular weight excluding hydrogens is 283 g/mol. The first-order valence-corrected chi connectivity index (χ1v) is 9.64. The van der Waals surface area contributed by atoms with Gasteiger partial charge in [0.1, 0.15) is 5.82 Å². The topological polar surface area (TPSA) is 18.5 Å². The molecular formula is C17H28FO2Si. The molecule has 1 aromatic rings. The first-order valence-electron chi connectivity index (χ1n) is 8.12. The van der Waals surface area contributed by atoms with Crippen LogP contribution < -0.4 is 0 Å². The van der Waals surface area contributed by atoms with Crippen LogP contribution in [-0.4, -0.2) is 22.5 Å². The van der Waals surface area contributed by atoms with E-state index >= 15 is 0 Å². The fourth-order valence-electron chi connectivity index (χ4n) is 2.09. The van der Waals surface area contributed by atoms with Crippen LogP contribution in [0.4, 0.5) is 4.39 Å². The lowest BCUT2D eigenvalue weighted by Gasteiger charge is -2.14. The van der Waals surface area contributed by atoms with Crippen molar-refractivity contribution in [1.82, 2.24) is 0 Å². The van der Waals surface area contributed by atoms with Crippen LogP contribution in [0.15, 0.2) is 24.3 Å². The summed E-state index contributed by atoms with van der Waals surface area (Å²) in [4.78, 5) is 0. The average Bonchev–Trinajstić information content (AvgIpc) is 2.49. The number of hydrogen-bond donors (Lipinski definition) is 0. The van der Waals surface area contributed by atoms with Gasteiger partial charge in [0, 0.05) is 13.2 Å². The predicted molar refractivity (Wildman–Crippen MR) is 87.0 cm³/mol. The maximum Gasteiger partial charge on any atom is 0.384 e. The van der Waals surface area contributed by atoms with E-state index in [0.717, 1.165) is 63.3 Å². The maximum absolute atomic E-state index is 13.1. The lowest BCUT2D eigenvalue weighted by molar-refractivity contribution is 0.195. The summed E-state index contributed by atoms with van der Waals surface area (Å²) in [5.41, 5.74) is 1.09. The summed E-state index contributed by atoms with van der Waals surface area (Å²) in [5.74, 6) is -0.140. The predicted octanol–water partition coefficient (Wildman–Crippen LogP) is 4.88. The second-order valence-corrected chi connectivity index (χ2v) is 7.08. The van der Waals surface area contributed by atoms with Crippen LogP contribution in [0.25, 0.3) is 0 Å². The normalized spacial score (nSPS) is 11.2. The highest BCUT2D eigenvalue weighted by Gasteiger charge is 2.14. The van der Waals surface area contributed by atoms with Gasteiger partial charge in [-0.1, -0.05) is 38.8 Å². The summed E-state index contributed by atoms with van der Waals surface area (Å²) in [6.45, 7) is 5.86. The van der Waals surface area contributed by atoms with E-state index < -0.39 is 9.28 Å². The molecule has 0 aliphatic rings. The molecule has 0 aromatic heterocycles. The molecule has 0 bridgehead atoms. The molecule has 2 nitrogen and oxygen atoms in total. The van der Waals surface area contributed by atoms with Crippen molar-refractivity contribution in [3.05, 3.63) is 35.6 Å². The van der Waals surface area contributed by atoms with Crippen molar-refractivity contribution >= 4 is 9.28 Å². The highest BCUT2D eigenvalue weighted by Crippen LogP contribution is 2.12. The summed E-state index contributed by atoms with van der Waals surface area (Å²) in [5, 5.41) is 0. The van der Waals surface area contributed by atoms with E-state index in [2.05, 4.69) is 13.8 Å². The van der Waals surface area contributed by atoms with Gasteiger partial charge in [-0.3, -0.25) is 0 Å². The van der Waals surface area contributed by atoms with Crippen LogP contribution in [0.5, 0.6) is 0 Å². The molecule has 0 aliphatic carbocycles. The van der Waals surface area contributed by atoms with Gasteiger partial charge in [-0.15, -0.1) is 0 Å². The van der Waals surface area contributed by atoms with Crippen LogP contribution in [0, 0.1) is 5.82 Å². The van der Waals surface area contributed by atoms with E-state index in [1.54, 1.807) is 12.1 Å². The molecule has 0 saturated heterocycles. The molecule has 0 saturated carbocycles. The molecule has 0 unspecified atom stereocenters. The zero-order valence-electron chi connectivity index (χ0n) is 13.4. The molecule has 1 radical (unpaired) electrons. The third-order valence-electron chi connectivity index (χ3n) is 3.17. The smallest absolute Gasteiger partial charge is 0.384 e. The highest BCUT2D eigenvalue weighted by molar-refractivity contribution is 6.44. The van der Waals surface area contributed by atoms with Crippen molar-refractivity contribution in [1.29, 1.82) is 0 Å². The first kappa shape index (κ1) is 18.3. The fraction of sp³-hybridized carbons (Fsp3) is 0.647. The molecule has 4 heteroatoms. The number of aryl methyl sites for hydroxylation is 1. The molecule has 0 atom stereocenters. The van der Waals surface area contributed by atoms with Crippen LogP contribution in [0.3, 0.4) is 0 Å². The zero-order valence-corrected chi connectivity index (χ0v) is 14.4. The van der Waals surface area contributed by atoms with Gasteiger partial charge < -0.3 is 8.85 Å². The SMILES string of the molecule is CCCO[Si](CCCCCc1cccc(F)c1)OCCC. The Kier molecular flexibility index (Phi) is 10.4. The lowest BCUT2D eigenvalue weighted by Crippen LogP contribution is -2.23. The van der Waals surface area contributed by atoms with E-state index in [1.165, 1.54) is 6.07 Å². The highest BCUT2D eigenvalue weighted by atomic mass is 28.3. The van der Waals surface area contributed by atoms with Gasteiger partial charge in [-0.2, -0.15) is 0 Å². The summed E-state index contributed by atoms with van der Waals surface area (Å²) >= 11 is 0. The Morgan fingerprint density at radius 1 is 1.00 bits per heavy atom. The number of unbranched alkanes of at least 4 members (excludes halogenated alkanes) is 2. The van der Waals surface area contributed by atoms with E-state index in [-0.39, 0.29) is 5.82 Å². The Balaban J connectivity index is 2.15. The molecule has 0 spiro atoms. The molecule has 1 rings (SSSR count). The standard InChI is InChI=1S/C17H28FO2Si/c1-3-12-19-21(20-13-4-2)14-7-5-6-9-16-10-8-11-17(18)15-16/h8,10-11,15H,3-7,9,12-14H2,1-2H3. The van der Waals surface area contributed by atoms with Crippen LogP contribution in [0.1, 0.15) is 51.5 Å². The summed E-state index contributed by atoms with van der Waals surface area (Å²) in [6, 6.07) is 7.95. The second-order valence-electron chi connectivity index (χ2n) is 5.26. The number of rotatable bonds is 12. The van der Waals surface area contributed by atoms with E-state index in [4.69, 9.17) is 8.85 Å². The molecule has 21 heavy (non-hydrogen) atoms. The fourth-order valence-corrected chi connectivity index (χ4v) is 3.86. The maximum atomic E-state index is 13.1. The third-order valence-corrected chi connectivity index (χ3v) is 4.98. The molecule has 0 heterocycles. The average molecular weight is 311 g/mol. The van der Waals surface area contributed by atoms with Gasteiger partial charge in [0.15, 0.2) is 0 Å². The van der Waals surface area contributed by atoms with Crippen molar-refractivity contribution in [2.45, 2.75) is 58.4 Å². The molecule has 0 aliphatic heterocycles. The Bertz CT molecular complexity index is 366.